The Hall–Kier alpha value is -0.0800. The van der Waals surface area contributed by atoms with E-state index in [1.54, 1.807) is 0 Å². The highest BCUT2D eigenvalue weighted by atomic mass is 15.3. The molecule has 1 aliphatic carbocycles. The molecule has 0 bridgehead atoms. The summed E-state index contributed by atoms with van der Waals surface area (Å²) in [5.74, 6) is 0. The van der Waals surface area contributed by atoms with E-state index in [2.05, 4.69) is 30.7 Å². The van der Waals surface area contributed by atoms with Gasteiger partial charge in [-0.2, -0.15) is 0 Å². The van der Waals surface area contributed by atoms with Crippen LogP contribution in [-0.2, 0) is 0 Å². The molecule has 2 aliphatic rings. The topological polar surface area (TPSA) is 6.48 Å². The highest BCUT2D eigenvalue weighted by Gasteiger charge is 2.49. The highest BCUT2D eigenvalue weighted by Crippen LogP contribution is 2.43. The second-order valence-corrected chi connectivity index (χ2v) is 4.87. The Morgan fingerprint density at radius 2 is 2.00 bits per heavy atom. The molecule has 13 heavy (non-hydrogen) atoms. The van der Waals surface area contributed by atoms with E-state index < -0.39 is 0 Å². The van der Waals surface area contributed by atoms with Crippen LogP contribution in [0, 0.1) is 0 Å². The average molecular weight is 182 g/mol. The summed E-state index contributed by atoms with van der Waals surface area (Å²) in [5.41, 5.74) is 0.599. The van der Waals surface area contributed by atoms with Crippen molar-refractivity contribution in [3.63, 3.8) is 0 Å². The Morgan fingerprint density at radius 3 is 2.54 bits per heavy atom. The fourth-order valence-corrected chi connectivity index (χ4v) is 2.41. The van der Waals surface area contributed by atoms with Crippen LogP contribution in [-0.4, -0.2) is 48.1 Å². The largest absolute Gasteiger partial charge is 0.298 e. The number of likely N-dealkylation sites (N-methyl/N-ethyl adjacent to an activating group) is 1. The first-order valence-corrected chi connectivity index (χ1v) is 5.63. The number of hydrogen-bond donors (Lipinski definition) is 0. The number of piperazine rings is 1. The van der Waals surface area contributed by atoms with E-state index in [1.165, 1.54) is 38.9 Å². The molecule has 76 valence electrons. The molecule has 1 unspecified atom stereocenters. The molecule has 2 fully saturated rings. The van der Waals surface area contributed by atoms with Gasteiger partial charge in [-0.15, -0.1) is 0 Å². The van der Waals surface area contributed by atoms with Gasteiger partial charge >= 0.3 is 0 Å². The fourth-order valence-electron chi connectivity index (χ4n) is 2.41. The summed E-state index contributed by atoms with van der Waals surface area (Å²) in [6, 6.07) is 0.783. The van der Waals surface area contributed by atoms with Crippen LogP contribution < -0.4 is 0 Å². The summed E-state index contributed by atoms with van der Waals surface area (Å²) in [7, 11) is 2.29. The minimum atomic E-state index is 0.599. The molecule has 1 atom stereocenters. The zero-order valence-electron chi connectivity index (χ0n) is 9.21. The predicted molar refractivity (Wildman–Crippen MR) is 55.9 cm³/mol. The maximum atomic E-state index is 2.67. The Morgan fingerprint density at radius 1 is 1.31 bits per heavy atom. The van der Waals surface area contributed by atoms with Crippen LogP contribution in [0.1, 0.15) is 33.1 Å². The predicted octanol–water partition coefficient (Wildman–Crippen LogP) is 1.56. The van der Waals surface area contributed by atoms with Gasteiger partial charge in [-0.05, 0) is 33.2 Å². The third-order valence-electron chi connectivity index (χ3n) is 4.07. The Kier molecular flexibility index (Phi) is 2.37. The van der Waals surface area contributed by atoms with Gasteiger partial charge in [0.25, 0.3) is 0 Å². The molecule has 0 aromatic rings. The van der Waals surface area contributed by atoms with Crippen molar-refractivity contribution in [3.05, 3.63) is 0 Å². The van der Waals surface area contributed by atoms with Gasteiger partial charge in [-0.25, -0.2) is 0 Å². The smallest absolute Gasteiger partial charge is 0.0335 e. The lowest BCUT2D eigenvalue weighted by Gasteiger charge is -2.42. The monoisotopic (exact) mass is 182 g/mol. The van der Waals surface area contributed by atoms with Crippen LogP contribution in [0.2, 0.25) is 0 Å². The molecule has 0 N–H and O–H groups in total. The van der Waals surface area contributed by atoms with E-state index in [9.17, 15) is 0 Å². The molecule has 2 rings (SSSR count). The van der Waals surface area contributed by atoms with Crippen LogP contribution in [0.3, 0.4) is 0 Å². The maximum absolute atomic E-state index is 2.67. The van der Waals surface area contributed by atoms with Crippen LogP contribution in [0.4, 0.5) is 0 Å². The van der Waals surface area contributed by atoms with Gasteiger partial charge in [0.15, 0.2) is 0 Å². The lowest BCUT2D eigenvalue weighted by atomic mass is 10.1. The molecule has 0 aromatic carbocycles. The van der Waals surface area contributed by atoms with E-state index in [0.717, 1.165) is 6.04 Å². The third kappa shape index (κ3) is 1.62. The van der Waals surface area contributed by atoms with Crippen molar-refractivity contribution in [1.82, 2.24) is 9.80 Å². The summed E-state index contributed by atoms with van der Waals surface area (Å²) < 4.78 is 0. The zero-order valence-corrected chi connectivity index (χ0v) is 9.21. The van der Waals surface area contributed by atoms with Crippen molar-refractivity contribution in [3.8, 4) is 0 Å². The molecule has 1 heterocycles. The molecule has 1 aliphatic heterocycles. The van der Waals surface area contributed by atoms with Gasteiger partial charge in [0.05, 0.1) is 0 Å². The summed E-state index contributed by atoms with van der Waals surface area (Å²) >= 11 is 0. The van der Waals surface area contributed by atoms with E-state index >= 15 is 0 Å². The lowest BCUT2D eigenvalue weighted by Crippen LogP contribution is -2.55. The molecule has 1 saturated carbocycles. The Bertz CT molecular complexity index is 187. The van der Waals surface area contributed by atoms with E-state index in [1.807, 2.05) is 0 Å². The van der Waals surface area contributed by atoms with Gasteiger partial charge in [-0.1, -0.05) is 6.92 Å². The molecule has 0 aromatic heterocycles. The molecule has 2 heteroatoms. The van der Waals surface area contributed by atoms with Gasteiger partial charge in [0.1, 0.15) is 0 Å². The molecule has 1 saturated heterocycles. The van der Waals surface area contributed by atoms with E-state index in [4.69, 9.17) is 0 Å². The standard InChI is InChI=1S/C11H22N2/c1-4-10(2)13-8-7-12(3)11(9-13)5-6-11/h10H,4-9H2,1-3H3. The highest BCUT2D eigenvalue weighted by molar-refractivity contribution is 5.07. The molecular formula is C11H22N2. The van der Waals surface area contributed by atoms with Crippen molar-refractivity contribution in [1.29, 1.82) is 0 Å². The molecular weight excluding hydrogens is 160 g/mol. The molecule has 0 radical (unpaired) electrons. The average Bonchev–Trinajstić information content (AvgIpc) is 2.90. The fraction of sp³-hybridized carbons (Fsp3) is 1.00. The van der Waals surface area contributed by atoms with E-state index in [-0.39, 0.29) is 0 Å². The van der Waals surface area contributed by atoms with Gasteiger partial charge < -0.3 is 0 Å². The summed E-state index contributed by atoms with van der Waals surface area (Å²) in [6.45, 7) is 8.51. The van der Waals surface area contributed by atoms with Gasteiger partial charge in [0.2, 0.25) is 0 Å². The minimum absolute atomic E-state index is 0.599. The summed E-state index contributed by atoms with van der Waals surface area (Å²) in [5, 5.41) is 0. The second-order valence-electron chi connectivity index (χ2n) is 4.87. The molecule has 2 nitrogen and oxygen atoms in total. The van der Waals surface area contributed by atoms with Crippen LogP contribution in [0.15, 0.2) is 0 Å². The number of rotatable bonds is 2. The number of hydrogen-bond acceptors (Lipinski definition) is 2. The number of nitrogens with zero attached hydrogens (tertiary/aromatic N) is 2. The van der Waals surface area contributed by atoms with Crippen LogP contribution >= 0.6 is 0 Å². The minimum Gasteiger partial charge on any atom is -0.298 e. The first-order valence-electron chi connectivity index (χ1n) is 5.63. The summed E-state index contributed by atoms with van der Waals surface area (Å²) in [4.78, 5) is 5.25. The summed E-state index contributed by atoms with van der Waals surface area (Å²) in [6.07, 6.45) is 4.15. The lowest BCUT2D eigenvalue weighted by molar-refractivity contribution is 0.0551. The SMILES string of the molecule is CCC(C)N1CCN(C)C2(CC2)C1. The van der Waals surface area contributed by atoms with Gasteiger partial charge in [-0.3, -0.25) is 9.80 Å². The van der Waals surface area contributed by atoms with Crippen molar-refractivity contribution in [2.75, 3.05) is 26.7 Å². The molecule has 0 amide bonds. The first-order chi connectivity index (χ1) is 6.18. The maximum Gasteiger partial charge on any atom is 0.0335 e. The van der Waals surface area contributed by atoms with E-state index in [0.29, 0.717) is 5.54 Å². The Balaban J connectivity index is 1.95. The quantitative estimate of drug-likeness (QED) is 0.639. The van der Waals surface area contributed by atoms with Crippen molar-refractivity contribution >= 4 is 0 Å². The third-order valence-corrected chi connectivity index (χ3v) is 4.07. The Labute approximate surface area is 81.9 Å². The van der Waals surface area contributed by atoms with Crippen LogP contribution in [0.5, 0.6) is 0 Å². The van der Waals surface area contributed by atoms with Crippen molar-refractivity contribution in [2.45, 2.75) is 44.7 Å². The van der Waals surface area contributed by atoms with Gasteiger partial charge in [0, 0.05) is 31.2 Å². The van der Waals surface area contributed by atoms with Crippen LogP contribution in [0.25, 0.3) is 0 Å². The molecule has 1 spiro atoms. The van der Waals surface area contributed by atoms with Crippen molar-refractivity contribution < 1.29 is 0 Å². The normalized spacial score (nSPS) is 30.7. The first kappa shape index (κ1) is 9.47. The zero-order chi connectivity index (χ0) is 9.47. The van der Waals surface area contributed by atoms with Crippen molar-refractivity contribution in [2.24, 2.45) is 0 Å². The second kappa shape index (κ2) is 3.25.